The molecule has 3 amide bonds. The fourth-order valence-corrected chi connectivity index (χ4v) is 8.91. The lowest BCUT2D eigenvalue weighted by Gasteiger charge is -2.38. The van der Waals surface area contributed by atoms with E-state index in [4.69, 9.17) is 16.6 Å². The highest BCUT2D eigenvalue weighted by Gasteiger charge is 2.45. The summed E-state index contributed by atoms with van der Waals surface area (Å²) >= 11 is 6.49. The molecule has 3 aromatic carbocycles. The molecule has 3 aromatic rings. The number of hydrogen-bond donors (Lipinski definition) is 1. The first kappa shape index (κ1) is 41.0. The largest absolute Gasteiger partial charge is 0.368 e. The lowest BCUT2D eigenvalue weighted by molar-refractivity contribution is -0.135. The van der Waals surface area contributed by atoms with Crippen molar-refractivity contribution in [3.63, 3.8) is 0 Å². The van der Waals surface area contributed by atoms with E-state index in [1.54, 1.807) is 13.1 Å². The highest BCUT2D eigenvalue weighted by atomic mass is 35.5. The van der Waals surface area contributed by atoms with E-state index in [1.165, 1.54) is 17.7 Å². The van der Waals surface area contributed by atoms with Gasteiger partial charge in [-0.3, -0.25) is 39.3 Å². The molecule has 0 aliphatic carbocycles. The summed E-state index contributed by atoms with van der Waals surface area (Å²) in [7, 11) is 1.79. The first-order valence-corrected chi connectivity index (χ1v) is 20.1. The van der Waals surface area contributed by atoms with Gasteiger partial charge in [-0.25, -0.2) is 8.78 Å². The van der Waals surface area contributed by atoms with Crippen molar-refractivity contribution in [2.75, 3.05) is 62.7 Å². The molecule has 3 saturated heterocycles. The second-order valence-corrected chi connectivity index (χ2v) is 15.3. The van der Waals surface area contributed by atoms with Gasteiger partial charge in [0.15, 0.2) is 6.29 Å². The number of carbonyl (C=O) groups is 4. The minimum atomic E-state index is -1.05. The Morgan fingerprint density at radius 1 is 0.964 bits per heavy atom. The number of fused-ring (bicyclic) bond motifs is 1. The van der Waals surface area contributed by atoms with Crippen LogP contribution >= 0.6 is 11.6 Å². The Hall–Kier alpha value is -4.68. The van der Waals surface area contributed by atoms with Crippen LogP contribution in [0.15, 0.2) is 53.5 Å². The second kappa shape index (κ2) is 17.2. The molecule has 298 valence electrons. The Kier molecular flexibility index (Phi) is 12.6. The molecule has 0 radical (unpaired) electrons. The molecule has 0 aromatic heterocycles. The Balaban J connectivity index is 0.00000262. The summed E-state index contributed by atoms with van der Waals surface area (Å²) in [5, 5.41) is 2.56. The second-order valence-electron chi connectivity index (χ2n) is 14.9. The Labute approximate surface area is 332 Å². The van der Waals surface area contributed by atoms with E-state index in [1.807, 2.05) is 35.8 Å². The summed E-state index contributed by atoms with van der Waals surface area (Å²) in [4.78, 5) is 62.0. The summed E-state index contributed by atoms with van der Waals surface area (Å²) < 4.78 is 30.3. The van der Waals surface area contributed by atoms with Gasteiger partial charge in [-0.05, 0) is 93.1 Å². The van der Waals surface area contributed by atoms with Gasteiger partial charge < -0.3 is 9.80 Å². The van der Waals surface area contributed by atoms with Crippen LogP contribution in [0.3, 0.4) is 0 Å². The molecular weight excluding hydrogens is 738 g/mol. The summed E-state index contributed by atoms with van der Waals surface area (Å²) in [5.74, 6) is -2.60. The number of nitrogens with one attached hydrogen (secondary N) is 1. The number of imide groups is 1. The number of carbonyl (C=O) groups excluding carboxylic acids is 4. The summed E-state index contributed by atoms with van der Waals surface area (Å²) in [6, 6.07) is 14.6. The van der Waals surface area contributed by atoms with Crippen molar-refractivity contribution in [3.8, 4) is 0 Å². The third-order valence-corrected chi connectivity index (χ3v) is 12.3. The van der Waals surface area contributed by atoms with E-state index in [0.29, 0.717) is 60.6 Å². The number of piperidine rings is 2. The first-order valence-electron chi connectivity index (χ1n) is 19.7. The van der Waals surface area contributed by atoms with Crippen LogP contribution in [-0.2, 0) is 19.8 Å². The van der Waals surface area contributed by atoms with Gasteiger partial charge in [0, 0.05) is 50.9 Å². The zero-order chi connectivity index (χ0) is 40.3. The Morgan fingerprint density at radius 2 is 1.64 bits per heavy atom. The van der Waals surface area contributed by atoms with Crippen molar-refractivity contribution in [2.24, 2.45) is 4.99 Å². The zero-order valence-corrected chi connectivity index (χ0v) is 33.6. The van der Waals surface area contributed by atoms with Crippen LogP contribution in [0, 0.1) is 11.6 Å². The fraction of sp³-hybridized carbons (Fsp3) is 0.465. The number of aliphatic imine (C=N–C) groups is 1. The molecule has 4 aliphatic heterocycles. The van der Waals surface area contributed by atoms with E-state index in [-0.39, 0.29) is 29.7 Å². The van der Waals surface area contributed by atoms with Crippen molar-refractivity contribution >= 4 is 58.5 Å². The molecule has 3 fully saturated rings. The Bertz CT molecular complexity index is 2000. The highest BCUT2D eigenvalue weighted by Crippen LogP contribution is 2.50. The third-order valence-electron chi connectivity index (χ3n) is 11.9. The van der Waals surface area contributed by atoms with Gasteiger partial charge in [-0.2, -0.15) is 0 Å². The molecule has 2 unspecified atom stereocenters. The maximum absolute atomic E-state index is 15.2. The number of aldehydes is 1. The average molecular weight is 789 g/mol. The number of rotatable bonds is 8. The molecule has 0 saturated carbocycles. The van der Waals surface area contributed by atoms with Crippen LogP contribution < -0.4 is 15.1 Å². The third kappa shape index (κ3) is 7.70. The van der Waals surface area contributed by atoms with Crippen LogP contribution in [0.1, 0.15) is 98.7 Å². The van der Waals surface area contributed by atoms with Crippen molar-refractivity contribution in [3.05, 3.63) is 87.4 Å². The number of halogens is 3. The van der Waals surface area contributed by atoms with Crippen LogP contribution in [0.5, 0.6) is 0 Å². The van der Waals surface area contributed by atoms with Gasteiger partial charge in [0.1, 0.15) is 17.5 Å². The van der Waals surface area contributed by atoms with Crippen molar-refractivity contribution in [2.45, 2.75) is 77.0 Å². The van der Waals surface area contributed by atoms with Gasteiger partial charge in [-0.1, -0.05) is 50.6 Å². The lowest BCUT2D eigenvalue weighted by Crippen LogP contribution is -2.52. The van der Waals surface area contributed by atoms with Gasteiger partial charge in [0.25, 0.3) is 0 Å². The molecule has 7 rings (SSSR count). The fourth-order valence-electron chi connectivity index (χ4n) is 8.70. The number of likely N-dealkylation sites (tertiary alicyclic amines) is 1. The van der Waals surface area contributed by atoms with Crippen LogP contribution in [-0.4, -0.2) is 92.5 Å². The molecule has 4 heterocycles. The zero-order valence-electron chi connectivity index (χ0n) is 32.8. The summed E-state index contributed by atoms with van der Waals surface area (Å²) in [6.45, 7) is 11.9. The van der Waals surface area contributed by atoms with E-state index in [2.05, 4.69) is 47.2 Å². The molecule has 1 N–H and O–H groups in total. The average Bonchev–Trinajstić information content (AvgIpc) is 3.46. The molecule has 56 heavy (non-hydrogen) atoms. The van der Waals surface area contributed by atoms with Gasteiger partial charge in [-0.15, -0.1) is 0 Å². The van der Waals surface area contributed by atoms with Crippen molar-refractivity contribution in [1.29, 1.82) is 0 Å². The number of anilines is 3. The van der Waals surface area contributed by atoms with Gasteiger partial charge >= 0.3 is 0 Å². The maximum atomic E-state index is 15.2. The van der Waals surface area contributed by atoms with E-state index < -0.39 is 29.4 Å². The van der Waals surface area contributed by atoms with Crippen LogP contribution in [0.25, 0.3) is 0 Å². The normalized spacial score (nSPS) is 22.5. The number of nitrogens with zero attached hydrogens (tertiary/aromatic N) is 5. The minimum Gasteiger partial charge on any atom is -0.368 e. The molecule has 2 atom stereocenters. The van der Waals surface area contributed by atoms with Gasteiger partial charge in [0.2, 0.25) is 17.7 Å². The van der Waals surface area contributed by atoms with Crippen molar-refractivity contribution in [1.82, 2.24) is 15.1 Å². The molecule has 0 spiro atoms. The molecule has 10 nitrogen and oxygen atoms in total. The predicted octanol–water partition coefficient (Wildman–Crippen LogP) is 7.35. The smallest absolute Gasteiger partial charge is 0.236 e. The van der Waals surface area contributed by atoms with E-state index in [0.717, 1.165) is 55.7 Å². The first-order chi connectivity index (χ1) is 27.0. The molecular formula is C43H51ClF2N6O4. The lowest BCUT2D eigenvalue weighted by atomic mass is 9.79. The summed E-state index contributed by atoms with van der Waals surface area (Å²) in [6.07, 6.45) is 3.51. The molecule has 0 bridgehead atoms. The van der Waals surface area contributed by atoms with E-state index in [9.17, 15) is 19.2 Å². The van der Waals surface area contributed by atoms with Crippen molar-refractivity contribution < 1.29 is 28.0 Å². The molecule has 13 heteroatoms. The molecule has 4 aliphatic rings. The SMILES string of the molecule is CC.CCC1(C)C(=NC)N(c2cccc(Cl)c2C=O)c2cc(C3CCN(CC(=O)N4CCN(c5cc(F)c(C6CCC(=O)NC6=O)c(F)c5)CC4)CC3)ccc21. The quantitative estimate of drug-likeness (QED) is 0.188. The Morgan fingerprint density at radius 3 is 2.25 bits per heavy atom. The number of benzene rings is 3. The number of amidine groups is 1. The standard InChI is InChI=1S/C41H45ClF2N6O4.C2H6/c1-4-41(2)30-10-8-26(20-35(30)50(40(41)45-3)34-7-5-6-31(42)29(34)24-51)25-12-14-47(15-13-25)23-37(53)49-18-16-48(17-19-49)27-21-32(43)38(33(44)22-27)28-9-11-36(52)46-39(28)54;1-2/h5-8,10,20-22,24-25,28H,4,9,11-19,23H2,1-3H3,(H,46,52,54);1-2H3. The monoisotopic (exact) mass is 788 g/mol. The highest BCUT2D eigenvalue weighted by molar-refractivity contribution is 6.34. The number of hydrogen-bond acceptors (Lipinski definition) is 7. The number of piperazine rings is 1. The maximum Gasteiger partial charge on any atom is 0.236 e. The topological polar surface area (TPSA) is 106 Å². The van der Waals surface area contributed by atoms with Crippen LogP contribution in [0.2, 0.25) is 5.02 Å². The van der Waals surface area contributed by atoms with Crippen LogP contribution in [0.4, 0.5) is 25.8 Å². The van der Waals surface area contributed by atoms with E-state index >= 15 is 8.78 Å². The predicted molar refractivity (Wildman–Crippen MR) is 216 cm³/mol. The summed E-state index contributed by atoms with van der Waals surface area (Å²) in [5.41, 5.74) is 4.23. The van der Waals surface area contributed by atoms with Gasteiger partial charge in [0.05, 0.1) is 39.8 Å². The number of amides is 3. The minimum absolute atomic E-state index is 0.0313.